The molecule has 0 saturated heterocycles. The first-order valence-electron chi connectivity index (χ1n) is 5.25. The average Bonchev–Trinajstić information content (AvgIpc) is 2.98. The van der Waals surface area contributed by atoms with Crippen molar-refractivity contribution in [3.8, 4) is 0 Å². The van der Waals surface area contributed by atoms with Gasteiger partial charge in [0.15, 0.2) is 0 Å². The number of halogens is 2. The van der Waals surface area contributed by atoms with Crippen LogP contribution >= 0.6 is 15.9 Å². The van der Waals surface area contributed by atoms with Gasteiger partial charge in [-0.3, -0.25) is 4.79 Å². The first-order valence-corrected chi connectivity index (χ1v) is 6.05. The molecule has 2 nitrogen and oxygen atoms in total. The molecule has 0 heterocycles. The van der Waals surface area contributed by atoms with Gasteiger partial charge in [-0.25, -0.2) is 4.39 Å². The molecule has 0 radical (unpaired) electrons. The predicted octanol–water partition coefficient (Wildman–Crippen LogP) is 3.25. The molecule has 0 unspecified atom stereocenters. The van der Waals surface area contributed by atoms with Crippen LogP contribution in [-0.4, -0.2) is 12.6 Å². The fourth-order valence-electron chi connectivity index (χ4n) is 1.89. The summed E-state index contributed by atoms with van der Waals surface area (Å²) in [5.41, 5.74) is 0.598. The zero-order valence-electron chi connectivity index (χ0n) is 8.87. The van der Waals surface area contributed by atoms with Gasteiger partial charge in [-0.05, 0) is 25.5 Å². The van der Waals surface area contributed by atoms with Gasteiger partial charge in [-0.1, -0.05) is 22.0 Å². The molecule has 16 heavy (non-hydrogen) atoms. The molecule has 0 aliphatic heterocycles. The highest BCUT2D eigenvalue weighted by Crippen LogP contribution is 2.51. The Morgan fingerprint density at radius 3 is 3.00 bits per heavy atom. The lowest BCUT2D eigenvalue weighted by molar-refractivity contribution is -0.144. The number of hydrogen-bond acceptors (Lipinski definition) is 2. The number of carbonyl (C=O) groups excluding carboxylic acids is 1. The summed E-state index contributed by atoms with van der Waals surface area (Å²) >= 11 is 3.31. The molecule has 4 heteroatoms. The maximum Gasteiger partial charge on any atom is 0.309 e. The van der Waals surface area contributed by atoms with Crippen molar-refractivity contribution in [2.24, 2.45) is 5.92 Å². The van der Waals surface area contributed by atoms with E-state index in [-0.39, 0.29) is 23.6 Å². The van der Waals surface area contributed by atoms with Gasteiger partial charge in [-0.2, -0.15) is 0 Å². The molecule has 0 bridgehead atoms. The number of ether oxygens (including phenoxy) is 1. The van der Waals surface area contributed by atoms with Crippen molar-refractivity contribution in [1.82, 2.24) is 0 Å². The molecule has 0 spiro atoms. The van der Waals surface area contributed by atoms with Crippen LogP contribution in [0.4, 0.5) is 4.39 Å². The lowest BCUT2D eigenvalue weighted by Gasteiger charge is -2.05. The van der Waals surface area contributed by atoms with E-state index in [4.69, 9.17) is 4.74 Å². The largest absolute Gasteiger partial charge is 0.466 e. The van der Waals surface area contributed by atoms with Crippen LogP contribution in [0.1, 0.15) is 24.8 Å². The second-order valence-electron chi connectivity index (χ2n) is 3.84. The Balaban J connectivity index is 2.14. The fourth-order valence-corrected chi connectivity index (χ4v) is 2.52. The van der Waals surface area contributed by atoms with Crippen LogP contribution in [0, 0.1) is 11.7 Å². The molecular weight excluding hydrogens is 275 g/mol. The molecule has 1 aromatic rings. The Hall–Kier alpha value is -0.900. The van der Waals surface area contributed by atoms with Gasteiger partial charge in [0.25, 0.3) is 0 Å². The molecule has 1 fully saturated rings. The Kier molecular flexibility index (Phi) is 3.28. The Labute approximate surface area is 102 Å². The molecule has 86 valence electrons. The Morgan fingerprint density at radius 1 is 1.62 bits per heavy atom. The third kappa shape index (κ3) is 2.12. The molecule has 1 saturated carbocycles. The SMILES string of the molecule is CCOC(=O)[C@@H]1C[C@H]1c1c(F)cccc1Br. The quantitative estimate of drug-likeness (QED) is 0.798. The molecule has 0 aromatic heterocycles. The molecule has 1 aliphatic rings. The van der Waals surface area contributed by atoms with Crippen LogP contribution in [0.5, 0.6) is 0 Å². The third-order valence-corrected chi connectivity index (χ3v) is 3.44. The van der Waals surface area contributed by atoms with Crippen molar-refractivity contribution in [2.75, 3.05) is 6.61 Å². The van der Waals surface area contributed by atoms with Crippen molar-refractivity contribution in [3.05, 3.63) is 34.1 Å². The summed E-state index contributed by atoms with van der Waals surface area (Å²) in [5, 5.41) is 0. The lowest BCUT2D eigenvalue weighted by Crippen LogP contribution is -2.07. The lowest BCUT2D eigenvalue weighted by atomic mass is 10.1. The maximum absolute atomic E-state index is 13.6. The van der Waals surface area contributed by atoms with Crippen LogP contribution in [0.3, 0.4) is 0 Å². The minimum Gasteiger partial charge on any atom is -0.466 e. The Morgan fingerprint density at radius 2 is 2.38 bits per heavy atom. The number of rotatable bonds is 3. The van der Waals surface area contributed by atoms with E-state index < -0.39 is 0 Å². The first kappa shape index (κ1) is 11.6. The van der Waals surface area contributed by atoms with Crippen LogP contribution in [0.2, 0.25) is 0 Å². The van der Waals surface area contributed by atoms with E-state index >= 15 is 0 Å². The molecule has 1 aliphatic carbocycles. The molecule has 0 amide bonds. The summed E-state index contributed by atoms with van der Waals surface area (Å²) in [6.07, 6.45) is 0.679. The normalized spacial score (nSPS) is 22.9. The fraction of sp³-hybridized carbons (Fsp3) is 0.417. The van der Waals surface area contributed by atoms with Crippen molar-refractivity contribution in [3.63, 3.8) is 0 Å². The van der Waals surface area contributed by atoms with E-state index in [9.17, 15) is 9.18 Å². The highest BCUT2D eigenvalue weighted by molar-refractivity contribution is 9.10. The standard InChI is InChI=1S/C12H12BrFO2/c1-2-16-12(15)8-6-7(8)11-9(13)4-3-5-10(11)14/h3-5,7-8H,2,6H2,1H3/t7-,8-/m1/s1. The summed E-state index contributed by atoms with van der Waals surface area (Å²) in [4.78, 5) is 11.5. The minimum absolute atomic E-state index is 0.0328. The summed E-state index contributed by atoms with van der Waals surface area (Å²) in [6.45, 7) is 2.15. The molecule has 0 N–H and O–H groups in total. The number of benzene rings is 1. The molecule has 1 aromatic carbocycles. The van der Waals surface area contributed by atoms with E-state index in [1.54, 1.807) is 19.1 Å². The highest BCUT2D eigenvalue weighted by atomic mass is 79.9. The van der Waals surface area contributed by atoms with Gasteiger partial charge in [0.1, 0.15) is 5.82 Å². The predicted molar refractivity (Wildman–Crippen MR) is 61.6 cm³/mol. The van der Waals surface area contributed by atoms with Crippen molar-refractivity contribution in [1.29, 1.82) is 0 Å². The van der Waals surface area contributed by atoms with Crippen molar-refractivity contribution in [2.45, 2.75) is 19.3 Å². The van der Waals surface area contributed by atoms with Crippen LogP contribution in [0.15, 0.2) is 22.7 Å². The summed E-state index contributed by atoms with van der Waals surface area (Å²) in [6, 6.07) is 4.85. The molecule has 2 atom stereocenters. The highest BCUT2D eigenvalue weighted by Gasteiger charge is 2.47. The van der Waals surface area contributed by atoms with E-state index in [0.29, 0.717) is 18.6 Å². The zero-order chi connectivity index (χ0) is 11.7. The van der Waals surface area contributed by atoms with E-state index in [1.165, 1.54) is 6.07 Å². The van der Waals surface area contributed by atoms with E-state index in [2.05, 4.69) is 15.9 Å². The summed E-state index contributed by atoms with van der Waals surface area (Å²) < 4.78 is 19.2. The van der Waals surface area contributed by atoms with Gasteiger partial charge >= 0.3 is 5.97 Å². The minimum atomic E-state index is -0.258. The van der Waals surface area contributed by atoms with Gasteiger partial charge in [-0.15, -0.1) is 0 Å². The maximum atomic E-state index is 13.6. The third-order valence-electron chi connectivity index (χ3n) is 2.75. The average molecular weight is 287 g/mol. The summed E-state index contributed by atoms with van der Waals surface area (Å²) in [5.74, 6) is -0.684. The smallest absolute Gasteiger partial charge is 0.309 e. The molecular formula is C12H12BrFO2. The van der Waals surface area contributed by atoms with Crippen molar-refractivity contribution >= 4 is 21.9 Å². The second kappa shape index (κ2) is 4.53. The van der Waals surface area contributed by atoms with Gasteiger partial charge in [0, 0.05) is 16.0 Å². The van der Waals surface area contributed by atoms with Gasteiger partial charge in [0.2, 0.25) is 0 Å². The topological polar surface area (TPSA) is 26.3 Å². The summed E-state index contributed by atoms with van der Waals surface area (Å²) in [7, 11) is 0. The van der Waals surface area contributed by atoms with Gasteiger partial charge in [0.05, 0.1) is 12.5 Å². The van der Waals surface area contributed by atoms with Crippen LogP contribution in [0.25, 0.3) is 0 Å². The monoisotopic (exact) mass is 286 g/mol. The van der Waals surface area contributed by atoms with Crippen LogP contribution in [-0.2, 0) is 9.53 Å². The number of esters is 1. The molecule has 2 rings (SSSR count). The van der Waals surface area contributed by atoms with Crippen LogP contribution < -0.4 is 0 Å². The second-order valence-corrected chi connectivity index (χ2v) is 4.69. The van der Waals surface area contributed by atoms with E-state index in [0.717, 1.165) is 4.47 Å². The number of hydrogen-bond donors (Lipinski definition) is 0. The van der Waals surface area contributed by atoms with Crippen molar-refractivity contribution < 1.29 is 13.9 Å². The van der Waals surface area contributed by atoms with Gasteiger partial charge < -0.3 is 4.74 Å². The first-order chi connectivity index (χ1) is 7.65. The number of carbonyl (C=O) groups is 1. The Bertz CT molecular complexity index is 399. The van der Waals surface area contributed by atoms with E-state index in [1.807, 2.05) is 0 Å². The zero-order valence-corrected chi connectivity index (χ0v) is 10.5.